The molecule has 1 aliphatic rings. The molecule has 2 rings (SSSR count). The summed E-state index contributed by atoms with van der Waals surface area (Å²) in [5.74, 6) is 0. The Morgan fingerprint density at radius 1 is 1.31 bits per heavy atom. The van der Waals surface area contributed by atoms with Gasteiger partial charge in [0, 0.05) is 19.6 Å². The molecule has 0 amide bonds. The predicted octanol–water partition coefficient (Wildman–Crippen LogP) is 0.625. The predicted molar refractivity (Wildman–Crippen MR) is 65.2 cm³/mol. The summed E-state index contributed by atoms with van der Waals surface area (Å²) < 4.78 is 0. The van der Waals surface area contributed by atoms with E-state index in [2.05, 4.69) is 29.2 Å². The Morgan fingerprint density at radius 3 is 2.69 bits per heavy atom. The Labute approximate surface area is 96.9 Å². The molecule has 1 aliphatic heterocycles. The quantitative estimate of drug-likeness (QED) is 0.782. The highest BCUT2D eigenvalue weighted by atomic mass is 16.3. The maximum absolute atomic E-state index is 9.18. The van der Waals surface area contributed by atoms with Crippen LogP contribution in [0.3, 0.4) is 0 Å². The fourth-order valence-corrected chi connectivity index (χ4v) is 2.24. The summed E-state index contributed by atoms with van der Waals surface area (Å²) >= 11 is 0. The van der Waals surface area contributed by atoms with Crippen molar-refractivity contribution in [2.45, 2.75) is 18.4 Å². The molecule has 0 aromatic heterocycles. The maximum Gasteiger partial charge on any atom is 0.0624 e. The van der Waals surface area contributed by atoms with Gasteiger partial charge in [-0.25, -0.2) is 0 Å². The fourth-order valence-electron chi connectivity index (χ4n) is 2.24. The van der Waals surface area contributed by atoms with E-state index in [0.717, 1.165) is 32.5 Å². The molecule has 0 radical (unpaired) electrons. The number of nitrogens with zero attached hydrogens (tertiary/aromatic N) is 1. The molecule has 16 heavy (non-hydrogen) atoms. The van der Waals surface area contributed by atoms with Gasteiger partial charge in [0.1, 0.15) is 0 Å². The number of aliphatic hydroxyl groups excluding tert-OH is 1. The maximum atomic E-state index is 9.18. The van der Waals surface area contributed by atoms with Gasteiger partial charge in [0.15, 0.2) is 0 Å². The van der Waals surface area contributed by atoms with Crippen LogP contribution < -0.4 is 5.73 Å². The van der Waals surface area contributed by atoms with Gasteiger partial charge >= 0.3 is 0 Å². The van der Waals surface area contributed by atoms with Crippen LogP contribution in [0.15, 0.2) is 30.3 Å². The first-order valence-electron chi connectivity index (χ1n) is 5.88. The highest BCUT2D eigenvalue weighted by Gasteiger charge is 2.33. The van der Waals surface area contributed by atoms with Crippen LogP contribution in [0, 0.1) is 0 Å². The van der Waals surface area contributed by atoms with E-state index in [-0.39, 0.29) is 12.1 Å². The molecule has 1 unspecified atom stereocenters. The standard InChI is InChI=1S/C13H20N2O/c14-13(11-16)7-9-15(10-13)8-6-12-4-2-1-3-5-12/h1-5,16H,6-11,14H2. The summed E-state index contributed by atoms with van der Waals surface area (Å²) in [6, 6.07) is 10.5. The Hall–Kier alpha value is -0.900. The van der Waals surface area contributed by atoms with E-state index in [0.29, 0.717) is 0 Å². The number of aliphatic hydroxyl groups is 1. The summed E-state index contributed by atoms with van der Waals surface area (Å²) in [5.41, 5.74) is 7.02. The topological polar surface area (TPSA) is 49.5 Å². The molecule has 1 saturated heterocycles. The van der Waals surface area contributed by atoms with Crippen LogP contribution in [0.1, 0.15) is 12.0 Å². The molecule has 1 aromatic rings. The molecular weight excluding hydrogens is 200 g/mol. The van der Waals surface area contributed by atoms with Gasteiger partial charge in [0.05, 0.1) is 12.1 Å². The zero-order chi connectivity index (χ0) is 11.4. The van der Waals surface area contributed by atoms with Crippen LogP contribution in [0.5, 0.6) is 0 Å². The van der Waals surface area contributed by atoms with Gasteiger partial charge in [-0.05, 0) is 18.4 Å². The minimum absolute atomic E-state index is 0.0921. The Bertz CT molecular complexity index is 328. The van der Waals surface area contributed by atoms with Crippen LogP contribution in [-0.4, -0.2) is 41.8 Å². The van der Waals surface area contributed by atoms with Gasteiger partial charge in [-0.2, -0.15) is 0 Å². The molecule has 3 nitrogen and oxygen atoms in total. The summed E-state index contributed by atoms with van der Waals surface area (Å²) in [6.07, 6.45) is 1.96. The number of hydrogen-bond donors (Lipinski definition) is 2. The Morgan fingerprint density at radius 2 is 2.06 bits per heavy atom. The van der Waals surface area contributed by atoms with Gasteiger partial charge in [-0.3, -0.25) is 0 Å². The molecule has 1 fully saturated rings. The van der Waals surface area contributed by atoms with Crippen molar-refractivity contribution in [3.63, 3.8) is 0 Å². The van der Waals surface area contributed by atoms with E-state index in [1.54, 1.807) is 0 Å². The normalized spacial score (nSPS) is 26.1. The van der Waals surface area contributed by atoms with Crippen molar-refractivity contribution in [3.8, 4) is 0 Å². The first-order chi connectivity index (χ1) is 7.72. The number of likely N-dealkylation sites (tertiary alicyclic amines) is 1. The molecule has 0 saturated carbocycles. The lowest BCUT2D eigenvalue weighted by molar-refractivity contribution is 0.193. The summed E-state index contributed by atoms with van der Waals surface area (Å²) in [5, 5.41) is 9.18. The van der Waals surface area contributed by atoms with E-state index < -0.39 is 0 Å². The zero-order valence-electron chi connectivity index (χ0n) is 9.60. The number of rotatable bonds is 4. The molecular formula is C13H20N2O. The van der Waals surface area contributed by atoms with Crippen molar-refractivity contribution >= 4 is 0 Å². The second-order valence-electron chi connectivity index (χ2n) is 4.78. The van der Waals surface area contributed by atoms with E-state index in [4.69, 9.17) is 5.73 Å². The van der Waals surface area contributed by atoms with E-state index in [9.17, 15) is 5.11 Å². The Balaban J connectivity index is 1.80. The highest BCUT2D eigenvalue weighted by Crippen LogP contribution is 2.18. The van der Waals surface area contributed by atoms with Crippen molar-refractivity contribution in [3.05, 3.63) is 35.9 Å². The first kappa shape index (κ1) is 11.6. The monoisotopic (exact) mass is 220 g/mol. The summed E-state index contributed by atoms with van der Waals surface area (Å²) in [7, 11) is 0. The lowest BCUT2D eigenvalue weighted by Crippen LogP contribution is -2.46. The van der Waals surface area contributed by atoms with Crippen LogP contribution in [0.4, 0.5) is 0 Å². The molecule has 88 valence electrons. The third-order valence-electron chi connectivity index (χ3n) is 3.34. The van der Waals surface area contributed by atoms with Crippen LogP contribution in [-0.2, 0) is 6.42 Å². The van der Waals surface area contributed by atoms with Crippen molar-refractivity contribution in [1.29, 1.82) is 0 Å². The minimum Gasteiger partial charge on any atom is -0.394 e. The average Bonchev–Trinajstić information content (AvgIpc) is 2.71. The van der Waals surface area contributed by atoms with Gasteiger partial charge in [-0.15, -0.1) is 0 Å². The number of benzene rings is 1. The first-order valence-corrected chi connectivity index (χ1v) is 5.88. The van der Waals surface area contributed by atoms with Crippen molar-refractivity contribution in [2.75, 3.05) is 26.2 Å². The summed E-state index contributed by atoms with van der Waals surface area (Å²) in [6.45, 7) is 2.94. The third-order valence-corrected chi connectivity index (χ3v) is 3.34. The molecule has 3 N–H and O–H groups in total. The van der Waals surface area contributed by atoms with Crippen molar-refractivity contribution < 1.29 is 5.11 Å². The van der Waals surface area contributed by atoms with Gasteiger partial charge in [-0.1, -0.05) is 30.3 Å². The lowest BCUT2D eigenvalue weighted by atomic mass is 10.0. The van der Waals surface area contributed by atoms with Crippen molar-refractivity contribution in [1.82, 2.24) is 4.90 Å². The second kappa shape index (κ2) is 4.95. The fraction of sp³-hybridized carbons (Fsp3) is 0.538. The van der Waals surface area contributed by atoms with E-state index in [1.807, 2.05) is 6.07 Å². The smallest absolute Gasteiger partial charge is 0.0624 e. The summed E-state index contributed by atoms with van der Waals surface area (Å²) in [4.78, 5) is 2.34. The van der Waals surface area contributed by atoms with Crippen LogP contribution in [0.25, 0.3) is 0 Å². The second-order valence-corrected chi connectivity index (χ2v) is 4.78. The molecule has 3 heteroatoms. The minimum atomic E-state index is -0.364. The van der Waals surface area contributed by atoms with Crippen molar-refractivity contribution in [2.24, 2.45) is 5.73 Å². The molecule has 1 heterocycles. The van der Waals surface area contributed by atoms with Crippen LogP contribution in [0.2, 0.25) is 0 Å². The molecule has 1 atom stereocenters. The Kier molecular flexibility index (Phi) is 3.59. The van der Waals surface area contributed by atoms with E-state index in [1.165, 1.54) is 5.56 Å². The largest absolute Gasteiger partial charge is 0.394 e. The van der Waals surface area contributed by atoms with Gasteiger partial charge < -0.3 is 15.7 Å². The van der Waals surface area contributed by atoms with E-state index >= 15 is 0 Å². The van der Waals surface area contributed by atoms with Gasteiger partial charge in [0.2, 0.25) is 0 Å². The molecule has 0 spiro atoms. The number of hydrogen-bond acceptors (Lipinski definition) is 3. The SMILES string of the molecule is NC1(CO)CCN(CCc2ccccc2)C1. The lowest BCUT2D eigenvalue weighted by Gasteiger charge is -2.21. The number of nitrogens with two attached hydrogens (primary N) is 1. The molecule has 0 bridgehead atoms. The third kappa shape index (κ3) is 2.82. The molecule has 0 aliphatic carbocycles. The average molecular weight is 220 g/mol. The van der Waals surface area contributed by atoms with Crippen LogP contribution >= 0.6 is 0 Å². The zero-order valence-corrected chi connectivity index (χ0v) is 9.60. The van der Waals surface area contributed by atoms with Gasteiger partial charge in [0.25, 0.3) is 0 Å². The highest BCUT2D eigenvalue weighted by molar-refractivity contribution is 5.15. The molecule has 1 aromatic carbocycles.